The van der Waals surface area contributed by atoms with Crippen molar-refractivity contribution in [3.8, 4) is 5.69 Å². The Kier molecular flexibility index (Phi) is 4.32. The van der Waals surface area contributed by atoms with Crippen LogP contribution in [-0.2, 0) is 19.4 Å². The Bertz CT molecular complexity index is 629. The van der Waals surface area contributed by atoms with E-state index in [9.17, 15) is 0 Å². The molecule has 1 saturated carbocycles. The van der Waals surface area contributed by atoms with Gasteiger partial charge in [-0.3, -0.25) is 0 Å². The maximum atomic E-state index is 6.49. The molecule has 4 heteroatoms. The minimum atomic E-state index is 0.686. The maximum Gasteiger partial charge on any atom is 0.0879 e. The third kappa shape index (κ3) is 3.14. The van der Waals surface area contributed by atoms with Gasteiger partial charge in [0.25, 0.3) is 0 Å². The minimum absolute atomic E-state index is 0.686. The highest BCUT2D eigenvalue weighted by Crippen LogP contribution is 2.27. The predicted molar refractivity (Wildman–Crippen MR) is 87.2 cm³/mol. The highest BCUT2D eigenvalue weighted by atomic mass is 35.5. The molecule has 1 aliphatic rings. The van der Waals surface area contributed by atoms with E-state index in [0.29, 0.717) is 6.04 Å². The molecular formula is C17H22ClN3. The summed E-state index contributed by atoms with van der Waals surface area (Å²) in [6.07, 6.45) is 4.48. The Morgan fingerprint density at radius 3 is 2.76 bits per heavy atom. The van der Waals surface area contributed by atoms with Crippen molar-refractivity contribution < 1.29 is 0 Å². The molecule has 2 aromatic rings. The molecule has 0 atom stereocenters. The Hall–Kier alpha value is -1.32. The van der Waals surface area contributed by atoms with Gasteiger partial charge in [-0.1, -0.05) is 37.6 Å². The van der Waals surface area contributed by atoms with Crippen molar-refractivity contribution in [1.29, 1.82) is 0 Å². The van der Waals surface area contributed by atoms with Crippen LogP contribution in [0.4, 0.5) is 0 Å². The summed E-state index contributed by atoms with van der Waals surface area (Å²) in [5.74, 6) is 0. The largest absolute Gasteiger partial charge is 0.310 e. The molecule has 0 spiro atoms. The highest BCUT2D eigenvalue weighted by molar-refractivity contribution is 6.32. The quantitative estimate of drug-likeness (QED) is 0.877. The number of nitrogens with zero attached hydrogens (tertiary/aromatic N) is 2. The van der Waals surface area contributed by atoms with Gasteiger partial charge in [0.2, 0.25) is 0 Å². The van der Waals surface area contributed by atoms with Gasteiger partial charge in [0, 0.05) is 18.3 Å². The standard InChI is InChI=1S/C17H22ClN3/c1-3-13-10-15(4-2)21(20-13)17-12(6-5-7-16(17)18)11-19-14-8-9-14/h5-7,10,14,19H,3-4,8-9,11H2,1-2H3. The fourth-order valence-corrected chi connectivity index (χ4v) is 2.85. The number of hydrogen-bond donors (Lipinski definition) is 1. The van der Waals surface area contributed by atoms with Gasteiger partial charge >= 0.3 is 0 Å². The molecule has 0 saturated heterocycles. The molecular weight excluding hydrogens is 282 g/mol. The Morgan fingerprint density at radius 1 is 1.29 bits per heavy atom. The van der Waals surface area contributed by atoms with E-state index < -0.39 is 0 Å². The van der Waals surface area contributed by atoms with Crippen molar-refractivity contribution in [2.24, 2.45) is 0 Å². The lowest BCUT2D eigenvalue weighted by Gasteiger charge is -2.14. The third-order valence-corrected chi connectivity index (χ3v) is 4.30. The van der Waals surface area contributed by atoms with E-state index >= 15 is 0 Å². The summed E-state index contributed by atoms with van der Waals surface area (Å²) in [6, 6.07) is 8.98. The monoisotopic (exact) mass is 303 g/mol. The van der Waals surface area contributed by atoms with E-state index in [4.69, 9.17) is 16.7 Å². The lowest BCUT2D eigenvalue weighted by Crippen LogP contribution is -2.17. The van der Waals surface area contributed by atoms with Gasteiger partial charge in [-0.2, -0.15) is 5.10 Å². The number of halogens is 1. The topological polar surface area (TPSA) is 29.9 Å². The molecule has 0 bridgehead atoms. The van der Waals surface area contributed by atoms with Crippen LogP contribution in [0.3, 0.4) is 0 Å². The molecule has 0 radical (unpaired) electrons. The van der Waals surface area contributed by atoms with Crippen LogP contribution in [-0.4, -0.2) is 15.8 Å². The van der Waals surface area contributed by atoms with Crippen LogP contribution in [0.25, 0.3) is 5.69 Å². The van der Waals surface area contributed by atoms with Gasteiger partial charge in [-0.05, 0) is 43.4 Å². The first kappa shape index (κ1) is 14.6. The lowest BCUT2D eigenvalue weighted by atomic mass is 10.1. The SMILES string of the molecule is CCc1cc(CC)n(-c2c(Cl)cccc2CNC2CC2)n1. The van der Waals surface area contributed by atoms with E-state index in [1.165, 1.54) is 24.1 Å². The van der Waals surface area contributed by atoms with Crippen LogP contribution in [0.2, 0.25) is 5.02 Å². The van der Waals surface area contributed by atoms with Crippen molar-refractivity contribution >= 4 is 11.6 Å². The van der Waals surface area contributed by atoms with Crippen LogP contribution in [0.15, 0.2) is 24.3 Å². The summed E-state index contributed by atoms with van der Waals surface area (Å²) in [6.45, 7) is 5.14. The van der Waals surface area contributed by atoms with Crippen LogP contribution in [0, 0.1) is 0 Å². The zero-order chi connectivity index (χ0) is 14.8. The van der Waals surface area contributed by atoms with Gasteiger partial charge in [-0.15, -0.1) is 0 Å². The number of rotatable bonds is 6. The third-order valence-electron chi connectivity index (χ3n) is 4.00. The number of aryl methyl sites for hydroxylation is 2. The normalized spacial score (nSPS) is 14.6. The molecule has 1 aliphatic carbocycles. The van der Waals surface area contributed by atoms with Gasteiger partial charge < -0.3 is 5.32 Å². The summed E-state index contributed by atoms with van der Waals surface area (Å²) in [4.78, 5) is 0. The summed E-state index contributed by atoms with van der Waals surface area (Å²) in [7, 11) is 0. The number of para-hydroxylation sites is 1. The van der Waals surface area contributed by atoms with Crippen LogP contribution >= 0.6 is 11.6 Å². The Morgan fingerprint density at radius 2 is 2.10 bits per heavy atom. The molecule has 0 amide bonds. The van der Waals surface area contributed by atoms with Gasteiger partial charge in [0.05, 0.1) is 16.4 Å². The molecule has 112 valence electrons. The smallest absolute Gasteiger partial charge is 0.0879 e. The van der Waals surface area contributed by atoms with E-state index in [1.54, 1.807) is 0 Å². The van der Waals surface area contributed by atoms with Gasteiger partial charge in [0.15, 0.2) is 0 Å². The first-order valence-electron chi connectivity index (χ1n) is 7.81. The number of aromatic nitrogens is 2. The van der Waals surface area contributed by atoms with E-state index in [0.717, 1.165) is 35.8 Å². The fraction of sp³-hybridized carbons (Fsp3) is 0.471. The summed E-state index contributed by atoms with van der Waals surface area (Å²) in [5, 5.41) is 9.08. The van der Waals surface area contributed by atoms with Gasteiger partial charge in [-0.25, -0.2) is 4.68 Å². The summed E-state index contributed by atoms with van der Waals surface area (Å²) < 4.78 is 2.03. The van der Waals surface area contributed by atoms with Crippen molar-refractivity contribution in [3.05, 3.63) is 46.2 Å². The average Bonchev–Trinajstić information content (AvgIpc) is 3.23. The zero-order valence-electron chi connectivity index (χ0n) is 12.7. The molecule has 21 heavy (non-hydrogen) atoms. The predicted octanol–water partition coefficient (Wildman–Crippen LogP) is 3.90. The molecule has 1 heterocycles. The lowest BCUT2D eigenvalue weighted by molar-refractivity contribution is 0.677. The summed E-state index contributed by atoms with van der Waals surface area (Å²) >= 11 is 6.49. The number of nitrogens with one attached hydrogen (secondary N) is 1. The van der Waals surface area contributed by atoms with Gasteiger partial charge in [0.1, 0.15) is 0 Å². The first-order chi connectivity index (χ1) is 10.2. The first-order valence-corrected chi connectivity index (χ1v) is 8.19. The second kappa shape index (κ2) is 6.20. The fourth-order valence-electron chi connectivity index (χ4n) is 2.57. The molecule has 1 aromatic carbocycles. The van der Waals surface area contributed by atoms with Crippen molar-refractivity contribution in [2.75, 3.05) is 0 Å². The van der Waals surface area contributed by atoms with Crippen molar-refractivity contribution in [1.82, 2.24) is 15.1 Å². The highest BCUT2D eigenvalue weighted by Gasteiger charge is 2.21. The molecule has 3 nitrogen and oxygen atoms in total. The molecule has 1 N–H and O–H groups in total. The average molecular weight is 304 g/mol. The molecule has 1 aromatic heterocycles. The van der Waals surface area contributed by atoms with E-state index in [1.807, 2.05) is 16.8 Å². The number of hydrogen-bond acceptors (Lipinski definition) is 2. The number of benzene rings is 1. The van der Waals surface area contributed by atoms with E-state index in [2.05, 4.69) is 31.3 Å². The molecule has 1 fully saturated rings. The minimum Gasteiger partial charge on any atom is -0.310 e. The van der Waals surface area contributed by atoms with Crippen LogP contribution in [0.5, 0.6) is 0 Å². The zero-order valence-corrected chi connectivity index (χ0v) is 13.5. The Balaban J connectivity index is 2.00. The van der Waals surface area contributed by atoms with Crippen molar-refractivity contribution in [2.45, 2.75) is 52.1 Å². The molecule has 0 unspecified atom stereocenters. The van der Waals surface area contributed by atoms with Crippen molar-refractivity contribution in [3.63, 3.8) is 0 Å². The maximum absolute atomic E-state index is 6.49. The summed E-state index contributed by atoms with van der Waals surface area (Å²) in [5.41, 5.74) is 4.58. The molecule has 0 aliphatic heterocycles. The Labute approximate surface area is 131 Å². The molecule has 3 rings (SSSR count). The van der Waals surface area contributed by atoms with Crippen LogP contribution < -0.4 is 5.32 Å². The second-order valence-corrected chi connectivity index (χ2v) is 6.06. The second-order valence-electron chi connectivity index (χ2n) is 5.65. The van der Waals surface area contributed by atoms with E-state index in [-0.39, 0.29) is 0 Å². The van der Waals surface area contributed by atoms with Crippen LogP contribution in [0.1, 0.15) is 43.6 Å².